The lowest BCUT2D eigenvalue weighted by molar-refractivity contribution is 0.0697. The van der Waals surface area contributed by atoms with Crippen LogP contribution in [0, 0.1) is 0 Å². The number of benzene rings is 2. The molecule has 2 aromatic rings. The SMILES string of the molecule is CCOc1ccccc1NC(=O)Nc1ccc(C(=O)O)cc1. The maximum absolute atomic E-state index is 12.0. The van der Waals surface area contributed by atoms with Crippen LogP contribution in [0.2, 0.25) is 0 Å². The number of hydrogen-bond acceptors (Lipinski definition) is 3. The second-order valence-corrected chi connectivity index (χ2v) is 4.39. The van der Waals surface area contributed by atoms with Gasteiger partial charge in [-0.15, -0.1) is 0 Å². The first-order valence-electron chi connectivity index (χ1n) is 6.73. The summed E-state index contributed by atoms with van der Waals surface area (Å²) in [6.45, 7) is 2.36. The van der Waals surface area contributed by atoms with E-state index in [4.69, 9.17) is 9.84 Å². The van der Waals surface area contributed by atoms with Gasteiger partial charge in [-0.25, -0.2) is 9.59 Å². The van der Waals surface area contributed by atoms with Gasteiger partial charge >= 0.3 is 12.0 Å². The predicted molar refractivity (Wildman–Crippen MR) is 83.7 cm³/mol. The molecule has 0 radical (unpaired) electrons. The van der Waals surface area contributed by atoms with Crippen molar-refractivity contribution in [2.45, 2.75) is 6.92 Å². The van der Waals surface area contributed by atoms with Crippen molar-refractivity contribution in [1.29, 1.82) is 0 Å². The Hall–Kier alpha value is -3.02. The summed E-state index contributed by atoms with van der Waals surface area (Å²) < 4.78 is 5.42. The van der Waals surface area contributed by atoms with E-state index in [0.717, 1.165) is 0 Å². The van der Waals surface area contributed by atoms with Gasteiger partial charge in [0.15, 0.2) is 0 Å². The lowest BCUT2D eigenvalue weighted by Crippen LogP contribution is -2.20. The Morgan fingerprint density at radius 3 is 2.36 bits per heavy atom. The van der Waals surface area contributed by atoms with Crippen LogP contribution in [0.1, 0.15) is 17.3 Å². The number of rotatable bonds is 5. The number of carboxylic acid groups (broad SMARTS) is 1. The Morgan fingerprint density at radius 1 is 1.05 bits per heavy atom. The lowest BCUT2D eigenvalue weighted by Gasteiger charge is -2.12. The summed E-state index contributed by atoms with van der Waals surface area (Å²) in [6, 6.07) is 12.6. The van der Waals surface area contributed by atoms with Crippen molar-refractivity contribution in [2.75, 3.05) is 17.2 Å². The van der Waals surface area contributed by atoms with Crippen LogP contribution in [0.25, 0.3) is 0 Å². The number of urea groups is 1. The average molecular weight is 300 g/mol. The fourth-order valence-corrected chi connectivity index (χ4v) is 1.83. The molecule has 0 aliphatic carbocycles. The van der Waals surface area contributed by atoms with Crippen LogP contribution in [0.3, 0.4) is 0 Å². The molecule has 0 bridgehead atoms. The van der Waals surface area contributed by atoms with Crippen LogP contribution in [-0.2, 0) is 0 Å². The minimum Gasteiger partial charge on any atom is -0.492 e. The Morgan fingerprint density at radius 2 is 1.73 bits per heavy atom. The zero-order valence-corrected chi connectivity index (χ0v) is 12.0. The molecule has 0 aliphatic heterocycles. The van der Waals surface area contributed by atoms with Gasteiger partial charge in [-0.05, 0) is 43.3 Å². The molecular formula is C16H16N2O4. The minimum absolute atomic E-state index is 0.160. The van der Waals surface area contributed by atoms with Crippen LogP contribution >= 0.6 is 0 Å². The van der Waals surface area contributed by atoms with E-state index in [1.165, 1.54) is 24.3 Å². The second-order valence-electron chi connectivity index (χ2n) is 4.39. The highest BCUT2D eigenvalue weighted by Gasteiger charge is 2.08. The Kier molecular flexibility index (Phi) is 4.98. The van der Waals surface area contributed by atoms with Crippen molar-refractivity contribution in [2.24, 2.45) is 0 Å². The van der Waals surface area contributed by atoms with E-state index in [9.17, 15) is 9.59 Å². The van der Waals surface area contributed by atoms with Crippen molar-refractivity contribution < 1.29 is 19.4 Å². The number of ether oxygens (including phenoxy) is 1. The summed E-state index contributed by atoms with van der Waals surface area (Å²) in [7, 11) is 0. The highest BCUT2D eigenvalue weighted by Crippen LogP contribution is 2.23. The van der Waals surface area contributed by atoms with Gasteiger partial charge in [0.1, 0.15) is 5.75 Å². The number of amides is 2. The molecule has 0 aromatic heterocycles. The van der Waals surface area contributed by atoms with E-state index in [0.29, 0.717) is 23.7 Å². The molecule has 3 N–H and O–H groups in total. The third-order valence-corrected chi connectivity index (χ3v) is 2.82. The molecule has 2 rings (SSSR count). The predicted octanol–water partition coefficient (Wildman–Crippen LogP) is 3.43. The van der Waals surface area contributed by atoms with Crippen LogP contribution < -0.4 is 15.4 Å². The number of carbonyl (C=O) groups is 2. The molecule has 0 heterocycles. The fourth-order valence-electron chi connectivity index (χ4n) is 1.83. The normalized spacial score (nSPS) is 9.86. The summed E-state index contributed by atoms with van der Waals surface area (Å²) in [5.41, 5.74) is 1.22. The second kappa shape index (κ2) is 7.12. The molecule has 2 aromatic carbocycles. The Balaban J connectivity index is 2.02. The molecule has 0 aliphatic rings. The first kappa shape index (κ1) is 15.4. The average Bonchev–Trinajstić information content (AvgIpc) is 2.50. The molecule has 0 saturated heterocycles. The van der Waals surface area contributed by atoms with Gasteiger partial charge in [0, 0.05) is 5.69 Å². The first-order valence-corrected chi connectivity index (χ1v) is 6.73. The summed E-state index contributed by atoms with van der Waals surface area (Å²) >= 11 is 0. The molecule has 2 amide bonds. The van der Waals surface area contributed by atoms with Gasteiger partial charge in [-0.1, -0.05) is 12.1 Å². The van der Waals surface area contributed by atoms with Gasteiger partial charge < -0.3 is 20.5 Å². The smallest absolute Gasteiger partial charge is 0.335 e. The lowest BCUT2D eigenvalue weighted by atomic mass is 10.2. The molecule has 6 heteroatoms. The number of carbonyl (C=O) groups excluding carboxylic acids is 1. The van der Waals surface area contributed by atoms with E-state index < -0.39 is 12.0 Å². The van der Waals surface area contributed by atoms with E-state index in [-0.39, 0.29) is 5.56 Å². The standard InChI is InChI=1S/C16H16N2O4/c1-2-22-14-6-4-3-5-13(14)18-16(21)17-12-9-7-11(8-10-12)15(19)20/h3-10H,2H2,1H3,(H,19,20)(H2,17,18,21). The largest absolute Gasteiger partial charge is 0.492 e. The third-order valence-electron chi connectivity index (χ3n) is 2.82. The third kappa shape index (κ3) is 3.99. The highest BCUT2D eigenvalue weighted by atomic mass is 16.5. The molecule has 0 unspecified atom stereocenters. The van der Waals surface area contributed by atoms with Crippen molar-refractivity contribution in [3.63, 3.8) is 0 Å². The molecular weight excluding hydrogens is 284 g/mol. The van der Waals surface area contributed by atoms with Crippen molar-refractivity contribution in [3.05, 3.63) is 54.1 Å². The van der Waals surface area contributed by atoms with Gasteiger partial charge in [0.2, 0.25) is 0 Å². The van der Waals surface area contributed by atoms with E-state index in [2.05, 4.69) is 10.6 Å². The quantitative estimate of drug-likeness (QED) is 0.789. The number of para-hydroxylation sites is 2. The molecule has 0 spiro atoms. The van der Waals surface area contributed by atoms with Crippen molar-refractivity contribution in [3.8, 4) is 5.75 Å². The van der Waals surface area contributed by atoms with Gasteiger partial charge in [-0.2, -0.15) is 0 Å². The van der Waals surface area contributed by atoms with E-state index in [1.54, 1.807) is 18.2 Å². The van der Waals surface area contributed by atoms with Gasteiger partial charge in [0.05, 0.1) is 17.9 Å². The molecule has 22 heavy (non-hydrogen) atoms. The summed E-state index contributed by atoms with van der Waals surface area (Å²) in [4.78, 5) is 22.7. The van der Waals surface area contributed by atoms with Crippen LogP contribution in [0.4, 0.5) is 16.2 Å². The zero-order valence-electron chi connectivity index (χ0n) is 12.0. The molecule has 6 nitrogen and oxygen atoms in total. The number of carboxylic acids is 1. The molecule has 0 fully saturated rings. The molecule has 0 atom stereocenters. The van der Waals surface area contributed by atoms with Crippen LogP contribution in [0.5, 0.6) is 5.75 Å². The van der Waals surface area contributed by atoms with Gasteiger partial charge in [0.25, 0.3) is 0 Å². The van der Waals surface area contributed by atoms with Crippen molar-refractivity contribution in [1.82, 2.24) is 0 Å². The maximum Gasteiger partial charge on any atom is 0.335 e. The highest BCUT2D eigenvalue weighted by molar-refractivity contribution is 6.01. The summed E-state index contributed by atoms with van der Waals surface area (Å²) in [5, 5.41) is 14.1. The van der Waals surface area contributed by atoms with E-state index in [1.807, 2.05) is 13.0 Å². The molecule has 114 valence electrons. The minimum atomic E-state index is -1.01. The zero-order chi connectivity index (χ0) is 15.9. The first-order chi connectivity index (χ1) is 10.6. The number of hydrogen-bond donors (Lipinski definition) is 3. The number of anilines is 2. The number of aromatic carboxylic acids is 1. The van der Waals surface area contributed by atoms with Crippen LogP contribution in [-0.4, -0.2) is 23.7 Å². The monoisotopic (exact) mass is 300 g/mol. The number of nitrogens with one attached hydrogen (secondary N) is 2. The van der Waals surface area contributed by atoms with Crippen molar-refractivity contribution >= 4 is 23.4 Å². The molecule has 0 saturated carbocycles. The topological polar surface area (TPSA) is 87.7 Å². The Bertz CT molecular complexity index is 668. The Labute approximate surface area is 127 Å². The van der Waals surface area contributed by atoms with E-state index >= 15 is 0 Å². The summed E-state index contributed by atoms with van der Waals surface area (Å²) in [6.07, 6.45) is 0. The maximum atomic E-state index is 12.0. The van der Waals surface area contributed by atoms with Gasteiger partial charge in [-0.3, -0.25) is 0 Å². The fraction of sp³-hybridized carbons (Fsp3) is 0.125. The summed E-state index contributed by atoms with van der Waals surface area (Å²) in [5.74, 6) is -0.428. The van der Waals surface area contributed by atoms with Crippen LogP contribution in [0.15, 0.2) is 48.5 Å².